The summed E-state index contributed by atoms with van der Waals surface area (Å²) >= 11 is 1.32. The Balaban J connectivity index is 2.54. The molecule has 2 N–H and O–H groups in total. The van der Waals surface area contributed by atoms with Crippen molar-refractivity contribution in [3.8, 4) is 0 Å². The van der Waals surface area contributed by atoms with Crippen LogP contribution in [0.25, 0.3) is 10.1 Å². The summed E-state index contributed by atoms with van der Waals surface area (Å²) in [6.45, 7) is 4.01. The normalized spacial score (nSPS) is 12.4. The van der Waals surface area contributed by atoms with Crippen LogP contribution in [0, 0.1) is 5.92 Å². The molecule has 0 atom stereocenters. The van der Waals surface area contributed by atoms with Gasteiger partial charge in [0.15, 0.2) is 0 Å². The molecule has 104 valence electrons. The van der Waals surface area contributed by atoms with E-state index in [0.29, 0.717) is 16.8 Å². The molecule has 0 unspecified atom stereocenters. The van der Waals surface area contributed by atoms with Gasteiger partial charge >= 0.3 is 0 Å². The molecule has 6 heteroatoms. The van der Waals surface area contributed by atoms with Gasteiger partial charge < -0.3 is 5.11 Å². The molecule has 2 aromatic rings. The van der Waals surface area contributed by atoms with E-state index in [1.54, 1.807) is 12.1 Å². The Morgan fingerprint density at radius 2 is 2.00 bits per heavy atom. The minimum absolute atomic E-state index is 0.219. The molecule has 0 aliphatic heterocycles. The highest BCUT2D eigenvalue weighted by Gasteiger charge is 2.23. The van der Waals surface area contributed by atoms with Crippen LogP contribution in [0.15, 0.2) is 29.2 Å². The third kappa shape index (κ3) is 2.97. The predicted molar refractivity (Wildman–Crippen MR) is 77.8 cm³/mol. The number of nitrogens with one attached hydrogen (secondary N) is 1. The van der Waals surface area contributed by atoms with Crippen LogP contribution in [0.3, 0.4) is 0 Å². The van der Waals surface area contributed by atoms with E-state index in [4.69, 9.17) is 0 Å². The van der Waals surface area contributed by atoms with Gasteiger partial charge in [-0.05, 0) is 12.0 Å². The molecule has 0 saturated heterocycles. The van der Waals surface area contributed by atoms with Crippen LogP contribution in [-0.4, -0.2) is 20.1 Å². The van der Waals surface area contributed by atoms with Crippen LogP contribution in [0.2, 0.25) is 0 Å². The molecule has 4 nitrogen and oxygen atoms in total. The molecule has 1 aromatic carbocycles. The first kappa shape index (κ1) is 14.5. The maximum absolute atomic E-state index is 12.4. The van der Waals surface area contributed by atoms with E-state index in [2.05, 4.69) is 4.72 Å². The number of fused-ring (bicyclic) bond motifs is 1. The first-order valence-electron chi connectivity index (χ1n) is 6.06. The van der Waals surface area contributed by atoms with E-state index in [-0.39, 0.29) is 17.4 Å². The number of aliphatic hydroxyl groups is 1. The molecule has 0 aliphatic carbocycles. The lowest BCUT2D eigenvalue weighted by Crippen LogP contribution is -2.28. The minimum atomic E-state index is -3.58. The van der Waals surface area contributed by atoms with Crippen LogP contribution in [-0.2, 0) is 16.6 Å². The Labute approximate surface area is 117 Å². The standard InChI is InChI=1S/C13H17NO3S2/c1-9(2)7-14-19(16,17)13-10-5-3-4-6-11(10)18-12(13)8-15/h3-6,9,14-15H,7-8H2,1-2H3. The van der Waals surface area contributed by atoms with E-state index >= 15 is 0 Å². The molecule has 1 aromatic heterocycles. The SMILES string of the molecule is CC(C)CNS(=O)(=O)c1c(CO)sc2ccccc12. The molecule has 2 rings (SSSR count). The van der Waals surface area contributed by atoms with Gasteiger partial charge in [0.2, 0.25) is 10.0 Å². The lowest BCUT2D eigenvalue weighted by Gasteiger charge is -2.09. The Bertz CT molecular complexity index is 674. The summed E-state index contributed by atoms with van der Waals surface area (Å²) in [4.78, 5) is 0.703. The highest BCUT2D eigenvalue weighted by Crippen LogP contribution is 2.34. The molecule has 19 heavy (non-hydrogen) atoms. The van der Waals surface area contributed by atoms with Crippen LogP contribution < -0.4 is 4.72 Å². The van der Waals surface area contributed by atoms with E-state index in [1.807, 2.05) is 26.0 Å². The summed E-state index contributed by atoms with van der Waals surface area (Å²) < 4.78 is 28.2. The Morgan fingerprint density at radius 3 is 2.63 bits per heavy atom. The van der Waals surface area contributed by atoms with Gasteiger partial charge in [0, 0.05) is 16.6 Å². The molecule has 0 aliphatic rings. The largest absolute Gasteiger partial charge is 0.391 e. The van der Waals surface area contributed by atoms with Crippen molar-refractivity contribution in [1.29, 1.82) is 0 Å². The topological polar surface area (TPSA) is 66.4 Å². The Morgan fingerprint density at radius 1 is 1.32 bits per heavy atom. The first-order valence-corrected chi connectivity index (χ1v) is 8.36. The average molecular weight is 299 g/mol. The molecule has 0 fully saturated rings. The van der Waals surface area contributed by atoms with E-state index in [1.165, 1.54) is 11.3 Å². The summed E-state index contributed by atoms with van der Waals surface area (Å²) in [7, 11) is -3.58. The number of hydrogen-bond donors (Lipinski definition) is 2. The van der Waals surface area contributed by atoms with Gasteiger partial charge in [0.25, 0.3) is 0 Å². The molecule has 0 radical (unpaired) electrons. The van der Waals surface area contributed by atoms with Crippen LogP contribution in [0.4, 0.5) is 0 Å². The summed E-state index contributed by atoms with van der Waals surface area (Å²) in [6, 6.07) is 7.30. The molecule has 0 saturated carbocycles. The second-order valence-electron chi connectivity index (χ2n) is 4.75. The predicted octanol–water partition coefficient (Wildman–Crippen LogP) is 2.33. The number of rotatable bonds is 5. The van der Waals surface area contributed by atoms with Crippen LogP contribution >= 0.6 is 11.3 Å². The maximum Gasteiger partial charge on any atom is 0.242 e. The van der Waals surface area contributed by atoms with Gasteiger partial charge in [-0.2, -0.15) is 0 Å². The average Bonchev–Trinajstić information content (AvgIpc) is 2.75. The van der Waals surface area contributed by atoms with Crippen molar-refractivity contribution in [3.63, 3.8) is 0 Å². The molecular formula is C13H17NO3S2. The maximum atomic E-state index is 12.4. The summed E-state index contributed by atoms with van der Waals surface area (Å²) in [5.74, 6) is 0.234. The zero-order valence-corrected chi connectivity index (χ0v) is 12.5. The van der Waals surface area contributed by atoms with Gasteiger partial charge in [0.05, 0.1) is 11.5 Å². The van der Waals surface area contributed by atoms with Crippen molar-refractivity contribution in [1.82, 2.24) is 4.72 Å². The van der Waals surface area contributed by atoms with Crippen LogP contribution in [0.5, 0.6) is 0 Å². The molecular weight excluding hydrogens is 282 g/mol. The van der Waals surface area contributed by atoms with Gasteiger partial charge in [0.1, 0.15) is 4.90 Å². The first-order chi connectivity index (χ1) is 8.95. The molecule has 0 amide bonds. The number of hydrogen-bond acceptors (Lipinski definition) is 4. The van der Waals surface area contributed by atoms with Gasteiger partial charge in [-0.1, -0.05) is 32.0 Å². The minimum Gasteiger partial charge on any atom is -0.391 e. The zero-order valence-electron chi connectivity index (χ0n) is 10.9. The Kier molecular flexibility index (Phi) is 4.25. The van der Waals surface area contributed by atoms with Crippen molar-refractivity contribution >= 4 is 31.4 Å². The monoisotopic (exact) mass is 299 g/mol. The van der Waals surface area contributed by atoms with E-state index in [0.717, 1.165) is 4.70 Å². The van der Waals surface area contributed by atoms with Gasteiger partial charge in [-0.15, -0.1) is 11.3 Å². The van der Waals surface area contributed by atoms with Crippen molar-refractivity contribution in [2.45, 2.75) is 25.3 Å². The van der Waals surface area contributed by atoms with Crippen molar-refractivity contribution in [3.05, 3.63) is 29.1 Å². The van der Waals surface area contributed by atoms with Crippen LogP contribution in [0.1, 0.15) is 18.7 Å². The van der Waals surface area contributed by atoms with Crippen molar-refractivity contribution < 1.29 is 13.5 Å². The number of sulfonamides is 1. The highest BCUT2D eigenvalue weighted by atomic mass is 32.2. The fraction of sp³-hybridized carbons (Fsp3) is 0.385. The third-order valence-electron chi connectivity index (χ3n) is 2.71. The second-order valence-corrected chi connectivity index (χ2v) is 7.59. The fourth-order valence-corrected chi connectivity index (χ4v) is 4.83. The quantitative estimate of drug-likeness (QED) is 0.890. The highest BCUT2D eigenvalue weighted by molar-refractivity contribution is 7.90. The van der Waals surface area contributed by atoms with Crippen molar-refractivity contribution in [2.75, 3.05) is 6.54 Å². The lowest BCUT2D eigenvalue weighted by molar-refractivity contribution is 0.283. The van der Waals surface area contributed by atoms with E-state index in [9.17, 15) is 13.5 Å². The second kappa shape index (κ2) is 5.58. The van der Waals surface area contributed by atoms with Gasteiger partial charge in [-0.25, -0.2) is 13.1 Å². The fourth-order valence-electron chi connectivity index (χ4n) is 1.82. The third-order valence-corrected chi connectivity index (χ3v) is 5.55. The summed E-state index contributed by atoms with van der Waals surface area (Å²) in [5, 5.41) is 10.1. The van der Waals surface area contributed by atoms with Gasteiger partial charge in [-0.3, -0.25) is 0 Å². The van der Waals surface area contributed by atoms with Crippen molar-refractivity contribution in [2.24, 2.45) is 5.92 Å². The number of benzene rings is 1. The number of thiophene rings is 1. The lowest BCUT2D eigenvalue weighted by atomic mass is 10.2. The smallest absolute Gasteiger partial charge is 0.242 e. The summed E-state index contributed by atoms with van der Waals surface area (Å²) in [5.41, 5.74) is 0. The zero-order chi connectivity index (χ0) is 14.0. The number of aliphatic hydroxyl groups excluding tert-OH is 1. The molecule has 0 spiro atoms. The molecule has 0 bridgehead atoms. The Hall–Kier alpha value is -0.950. The van der Waals surface area contributed by atoms with E-state index < -0.39 is 10.0 Å². The molecule has 1 heterocycles. The summed E-state index contributed by atoms with van der Waals surface area (Å²) in [6.07, 6.45) is 0.